The molecule has 138 valence electrons. The van der Waals surface area contributed by atoms with Crippen molar-refractivity contribution in [3.05, 3.63) is 23.1 Å². The van der Waals surface area contributed by atoms with Crippen molar-refractivity contribution >= 4 is 45.4 Å². The maximum Gasteiger partial charge on any atom is 0.352 e. The van der Waals surface area contributed by atoms with Gasteiger partial charge in [0.25, 0.3) is 0 Å². The monoisotopic (exact) mass is 394 g/mol. The first-order chi connectivity index (χ1) is 12.3. The Morgan fingerprint density at radius 2 is 2.15 bits per heavy atom. The Labute approximate surface area is 158 Å². The number of carboxylic acids is 1. The molecule has 4 atom stereocenters. The molecule has 26 heavy (non-hydrogen) atoms. The molecule has 2 aliphatic rings. The number of aliphatic carboxylic acids is 1. The number of carbonyl (C=O) groups excluding carboxylic acids is 1. The van der Waals surface area contributed by atoms with E-state index in [0.29, 0.717) is 5.57 Å². The van der Waals surface area contributed by atoms with Gasteiger partial charge in [0.05, 0.1) is 30.0 Å². The molecule has 4 rings (SSSR count). The summed E-state index contributed by atoms with van der Waals surface area (Å²) in [5.41, 5.74) is 0.742. The molecule has 0 spiro atoms. The van der Waals surface area contributed by atoms with Crippen LogP contribution >= 0.6 is 23.1 Å². The van der Waals surface area contributed by atoms with Crippen molar-refractivity contribution in [1.29, 1.82) is 0 Å². The largest absolute Gasteiger partial charge is 0.477 e. The van der Waals surface area contributed by atoms with Gasteiger partial charge in [-0.3, -0.25) is 4.79 Å². The minimum Gasteiger partial charge on any atom is -0.477 e. The Morgan fingerprint density at radius 1 is 1.46 bits per heavy atom. The number of carbonyl (C=O) groups is 2. The highest BCUT2D eigenvalue weighted by Gasteiger charge is 2.60. The molecular weight excluding hydrogens is 374 g/mol. The van der Waals surface area contributed by atoms with E-state index < -0.39 is 18.0 Å². The van der Waals surface area contributed by atoms with Crippen LogP contribution in [0.25, 0.3) is 10.4 Å². The number of thioether (sulfide) groups is 1. The van der Waals surface area contributed by atoms with E-state index in [0.717, 1.165) is 14.7 Å². The van der Waals surface area contributed by atoms with Crippen LogP contribution in [0.3, 0.4) is 0 Å². The van der Waals surface area contributed by atoms with Crippen LogP contribution < -0.4 is 4.57 Å². The van der Waals surface area contributed by atoms with Crippen LogP contribution in [-0.2, 0) is 16.6 Å². The van der Waals surface area contributed by atoms with E-state index in [1.807, 2.05) is 41.7 Å². The molecule has 1 fully saturated rings. The first-order valence-electron chi connectivity index (χ1n) is 8.31. The van der Waals surface area contributed by atoms with E-state index in [1.165, 1.54) is 16.2 Å². The second-order valence-corrected chi connectivity index (χ2v) is 8.69. The number of carboxylic acid groups (broad SMARTS) is 1. The smallest absolute Gasteiger partial charge is 0.352 e. The van der Waals surface area contributed by atoms with Crippen LogP contribution in [0.5, 0.6) is 0 Å². The number of aliphatic hydroxyl groups is 1. The van der Waals surface area contributed by atoms with E-state index in [1.54, 1.807) is 18.7 Å². The fourth-order valence-corrected chi connectivity index (χ4v) is 6.44. The molecular formula is C17H20N3O4S2+. The second kappa shape index (κ2) is 5.83. The molecule has 2 N–H and O–H groups in total. The normalized spacial score (nSPS) is 26.4. The first kappa shape index (κ1) is 17.6. The maximum absolute atomic E-state index is 12.4. The summed E-state index contributed by atoms with van der Waals surface area (Å²) in [6.45, 7) is 3.53. The third-order valence-electron chi connectivity index (χ3n) is 5.33. The molecule has 1 amide bonds. The van der Waals surface area contributed by atoms with Crippen LogP contribution in [0.4, 0.5) is 0 Å². The topological polar surface area (TPSA) is 86.1 Å². The molecule has 0 radical (unpaired) electrons. The molecule has 9 heteroatoms. The van der Waals surface area contributed by atoms with Gasteiger partial charge in [-0.05, 0) is 13.2 Å². The third-order valence-corrected chi connectivity index (χ3v) is 7.47. The molecule has 4 heterocycles. The standard InChI is InChI=1S/C17H19N3O4S2/c1-7-10(9-5-19-6-18(3)15(25-4)16(19)26-9)13(17(23)24)20-12(7)11(8(2)21)14(20)22/h5-8,11-12,21H,1-4H3/p+1/t7-,8+,11+,12+/m0/s1. The van der Waals surface area contributed by atoms with Crippen molar-refractivity contribution in [2.24, 2.45) is 18.9 Å². The molecule has 0 aliphatic carbocycles. The highest BCUT2D eigenvalue weighted by atomic mass is 32.2. The van der Waals surface area contributed by atoms with Gasteiger partial charge in [0.2, 0.25) is 22.1 Å². The number of aromatic nitrogens is 2. The zero-order valence-corrected chi connectivity index (χ0v) is 16.5. The van der Waals surface area contributed by atoms with Crippen molar-refractivity contribution in [3.63, 3.8) is 0 Å². The lowest BCUT2D eigenvalue weighted by Crippen LogP contribution is -2.63. The summed E-state index contributed by atoms with van der Waals surface area (Å²) in [7, 11) is 1.98. The summed E-state index contributed by atoms with van der Waals surface area (Å²) >= 11 is 3.17. The number of fused-ring (bicyclic) bond motifs is 2. The molecule has 0 aromatic carbocycles. The summed E-state index contributed by atoms with van der Waals surface area (Å²) in [6.07, 6.45) is 5.11. The zero-order valence-electron chi connectivity index (χ0n) is 14.8. The number of nitrogens with zero attached hydrogens (tertiary/aromatic N) is 3. The first-order valence-corrected chi connectivity index (χ1v) is 10.3. The Hall–Kier alpha value is -1.84. The van der Waals surface area contributed by atoms with Crippen LogP contribution in [-0.4, -0.2) is 49.8 Å². The lowest BCUT2D eigenvalue weighted by Gasteiger charge is -2.46. The Kier molecular flexibility index (Phi) is 3.94. The van der Waals surface area contributed by atoms with Crippen LogP contribution in [0.1, 0.15) is 18.7 Å². The number of hydrogen-bond donors (Lipinski definition) is 2. The van der Waals surface area contributed by atoms with Gasteiger partial charge in [0.15, 0.2) is 0 Å². The zero-order chi connectivity index (χ0) is 18.9. The fraction of sp³-hybridized carbons (Fsp3) is 0.471. The van der Waals surface area contributed by atoms with Crippen molar-refractivity contribution in [1.82, 2.24) is 9.30 Å². The van der Waals surface area contributed by atoms with Gasteiger partial charge < -0.3 is 15.1 Å². The maximum atomic E-state index is 12.4. The Morgan fingerprint density at radius 3 is 2.73 bits per heavy atom. The van der Waals surface area contributed by atoms with E-state index in [9.17, 15) is 19.8 Å². The van der Waals surface area contributed by atoms with E-state index in [-0.39, 0.29) is 23.6 Å². The number of aliphatic hydroxyl groups excluding tert-OH is 1. The average molecular weight is 394 g/mol. The lowest BCUT2D eigenvalue weighted by atomic mass is 9.77. The van der Waals surface area contributed by atoms with Gasteiger partial charge in [-0.25, -0.2) is 9.36 Å². The summed E-state index contributed by atoms with van der Waals surface area (Å²) in [4.78, 5) is 27.7. The van der Waals surface area contributed by atoms with Crippen molar-refractivity contribution in [2.75, 3.05) is 6.26 Å². The van der Waals surface area contributed by atoms with Gasteiger partial charge in [-0.1, -0.05) is 30.0 Å². The molecule has 0 bridgehead atoms. The second-order valence-electron chi connectivity index (χ2n) is 6.86. The lowest BCUT2D eigenvalue weighted by molar-refractivity contribution is -0.705. The number of β-lactam (4-membered cyclic amide) rings is 1. The van der Waals surface area contributed by atoms with Crippen LogP contribution in [0, 0.1) is 11.8 Å². The molecule has 2 aromatic heterocycles. The van der Waals surface area contributed by atoms with Crippen molar-refractivity contribution in [3.8, 4) is 0 Å². The molecule has 0 unspecified atom stereocenters. The summed E-state index contributed by atoms with van der Waals surface area (Å²) in [6, 6.07) is -0.291. The van der Waals surface area contributed by atoms with E-state index in [2.05, 4.69) is 0 Å². The minimum atomic E-state index is -1.10. The Balaban J connectivity index is 1.86. The third kappa shape index (κ3) is 2.14. The van der Waals surface area contributed by atoms with E-state index >= 15 is 0 Å². The minimum absolute atomic E-state index is 0.0592. The van der Waals surface area contributed by atoms with Crippen LogP contribution in [0.2, 0.25) is 0 Å². The van der Waals surface area contributed by atoms with Gasteiger partial charge in [0.1, 0.15) is 11.9 Å². The predicted molar refractivity (Wildman–Crippen MR) is 97.8 cm³/mol. The number of aryl methyl sites for hydroxylation is 1. The number of amides is 1. The van der Waals surface area contributed by atoms with E-state index in [4.69, 9.17) is 0 Å². The molecule has 7 nitrogen and oxygen atoms in total. The molecule has 2 aliphatic heterocycles. The number of thiazole rings is 1. The van der Waals surface area contributed by atoms with Gasteiger partial charge >= 0.3 is 5.97 Å². The van der Waals surface area contributed by atoms with Gasteiger partial charge in [-0.2, -0.15) is 4.40 Å². The number of hydrogen-bond acceptors (Lipinski definition) is 5. The molecule has 0 saturated carbocycles. The summed E-state index contributed by atoms with van der Waals surface area (Å²) in [5.74, 6) is -2.08. The average Bonchev–Trinajstić information content (AvgIpc) is 3.14. The highest BCUT2D eigenvalue weighted by molar-refractivity contribution is 7.98. The molecule has 1 saturated heterocycles. The van der Waals surface area contributed by atoms with Crippen LogP contribution in [0.15, 0.2) is 23.2 Å². The fourth-order valence-electron chi connectivity index (χ4n) is 4.25. The highest BCUT2D eigenvalue weighted by Crippen LogP contribution is 2.51. The number of imidazole rings is 1. The number of rotatable bonds is 4. The SMILES string of the molecule is CSc1c2sc(C3=C(C(=O)O)N4C(=O)[C@H]([C@@H](C)O)[C@H]4[C@H]3C)cn2c[n+]1C. The van der Waals surface area contributed by atoms with Gasteiger partial charge in [0, 0.05) is 11.5 Å². The van der Waals surface area contributed by atoms with Gasteiger partial charge in [-0.15, -0.1) is 0 Å². The summed E-state index contributed by atoms with van der Waals surface area (Å²) in [5, 5.41) is 20.8. The van der Waals surface area contributed by atoms with Crippen molar-refractivity contribution < 1.29 is 24.4 Å². The summed E-state index contributed by atoms with van der Waals surface area (Å²) < 4.78 is 4.03. The van der Waals surface area contributed by atoms with Crippen molar-refractivity contribution in [2.45, 2.75) is 31.0 Å². The predicted octanol–water partition coefficient (Wildman–Crippen LogP) is 1.20. The Bertz CT molecular complexity index is 974. The quantitative estimate of drug-likeness (QED) is 0.462. The molecule has 2 aromatic rings.